The van der Waals surface area contributed by atoms with E-state index in [1.807, 2.05) is 40.9 Å². The summed E-state index contributed by atoms with van der Waals surface area (Å²) in [6.45, 7) is 5.32. The molecule has 4 aromatic rings. The van der Waals surface area contributed by atoms with Crippen LogP contribution in [0.5, 0.6) is 0 Å². The smallest absolute Gasteiger partial charge is 0.347 e. The van der Waals surface area contributed by atoms with Gasteiger partial charge in [-0.3, -0.25) is 9.59 Å². The van der Waals surface area contributed by atoms with Crippen LogP contribution in [0.2, 0.25) is 0 Å². The molecule has 0 aliphatic heterocycles. The van der Waals surface area contributed by atoms with Gasteiger partial charge in [0.15, 0.2) is 5.16 Å². The van der Waals surface area contributed by atoms with Gasteiger partial charge in [-0.15, -0.1) is 0 Å². The topological polar surface area (TPSA) is 58.4 Å². The summed E-state index contributed by atoms with van der Waals surface area (Å²) in [7, 11) is 35.9. The van der Waals surface area contributed by atoms with E-state index >= 15 is 4.79 Å². The standard InChI is InChI=1S/C36H56B18F4N4O2S/c1-31(45,46)61(32(2,47)48)11-10-60(29(64)34(51,52)62-15-5-3-4-14(15)28(63)59-30(62)65-35(53,54)12-6-8-13(55)9-7-12)33(49,50)18-24(41)20(37)16(21(38)25(18)42)17-22(39)26(43)19(36(56,57)58)27(44)23(17)40/h6-9H,3-5,10-11,37-54H2,1-2H3. The second-order valence-electron chi connectivity index (χ2n) is 22.0. The molecular formula is C36H56B18F4N4O2S. The zero-order valence-electron chi connectivity index (χ0n) is 42.9. The van der Waals surface area contributed by atoms with Crippen molar-refractivity contribution < 1.29 is 22.4 Å². The first-order chi connectivity index (χ1) is 29.5. The number of thioether (sulfide) groups is 1. The van der Waals surface area contributed by atoms with Crippen LogP contribution in [-0.2, 0) is 39.0 Å². The number of carbonyl (C=O) groups is 1. The first-order valence-corrected chi connectivity index (χ1v) is 23.8. The van der Waals surface area contributed by atoms with E-state index in [0.717, 1.165) is 56.2 Å². The van der Waals surface area contributed by atoms with E-state index < -0.39 is 27.0 Å². The number of rotatable bonds is 13. The largest absolute Gasteiger partial charge is 0.415 e. The predicted octanol–water partition coefficient (Wildman–Crippen LogP) is -17.2. The number of carbonyl (C=O) groups excluding carboxylic acids is 1. The van der Waals surface area contributed by atoms with Gasteiger partial charge in [0, 0.05) is 35.2 Å². The summed E-state index contributed by atoms with van der Waals surface area (Å²) in [5, 5.41) is -2.19. The second kappa shape index (κ2) is 18.3. The fourth-order valence-electron chi connectivity index (χ4n) is 11.1. The predicted molar refractivity (Wildman–Crippen MR) is 317 cm³/mol. The Kier molecular flexibility index (Phi) is 14.9. The van der Waals surface area contributed by atoms with Crippen LogP contribution in [0.25, 0.3) is 11.1 Å². The fourth-order valence-corrected chi connectivity index (χ4v) is 12.4. The quantitative estimate of drug-likeness (QED) is 0.0579. The van der Waals surface area contributed by atoms with Gasteiger partial charge >= 0.3 is 6.18 Å². The van der Waals surface area contributed by atoms with E-state index in [1.165, 1.54) is 23.9 Å². The lowest BCUT2D eigenvalue weighted by Crippen LogP contribution is -2.67. The average Bonchev–Trinajstić information content (AvgIpc) is 3.64. The van der Waals surface area contributed by atoms with Gasteiger partial charge in [0.2, 0.25) is 5.91 Å². The molecule has 5 rings (SSSR count). The number of hydrogen-bond donors (Lipinski definition) is 0. The molecule has 29 heteroatoms. The molecule has 0 N–H and O–H groups in total. The van der Waals surface area contributed by atoms with E-state index in [2.05, 4.69) is 97.2 Å². The average molecular weight is 880 g/mol. The van der Waals surface area contributed by atoms with Crippen LogP contribution in [0.1, 0.15) is 48.2 Å². The molecule has 320 valence electrons. The molecular weight excluding hydrogens is 823 g/mol. The number of amides is 1. The minimum atomic E-state index is -4.48. The molecule has 1 amide bonds. The molecule has 0 radical (unpaired) electrons. The van der Waals surface area contributed by atoms with Gasteiger partial charge in [0.25, 0.3) is 5.56 Å². The van der Waals surface area contributed by atoms with Crippen LogP contribution in [0, 0.1) is 5.82 Å². The van der Waals surface area contributed by atoms with E-state index in [9.17, 15) is 22.4 Å². The van der Waals surface area contributed by atoms with Crippen LogP contribution < -0.4 is 49.3 Å². The Hall–Kier alpha value is -2.79. The van der Waals surface area contributed by atoms with E-state index in [0.29, 0.717) is 47.6 Å². The monoisotopic (exact) mass is 883 g/mol. The SMILES string of the molecule is Bc1c(B)c(C(F)(F)F)c(B)c(B)c1-c1c(B)c(B)c(C(B)(B)N(CCN(C(B)(B)C)C(B)(B)C)C(=O)C(B)(B)n2c(SC(B)(B)c3ccc(F)cc3)nc(=O)c3c2CCC3)c(B)c1B. The summed E-state index contributed by atoms with van der Waals surface area (Å²) in [5.74, 6) is -0.473. The highest BCUT2D eigenvalue weighted by Crippen LogP contribution is 2.39. The van der Waals surface area contributed by atoms with Gasteiger partial charge in [0.1, 0.15) is 147 Å². The molecule has 0 bridgehead atoms. The zero-order valence-corrected chi connectivity index (χ0v) is 43.7. The van der Waals surface area contributed by atoms with E-state index in [1.54, 1.807) is 43.5 Å². The van der Waals surface area contributed by atoms with Gasteiger partial charge in [-0.05, 0) is 63.3 Å². The first kappa shape index (κ1) is 53.2. The van der Waals surface area contributed by atoms with Crippen LogP contribution in [0.15, 0.2) is 34.2 Å². The Bertz CT molecular complexity index is 2550. The maximum absolute atomic E-state index is 16.2. The third kappa shape index (κ3) is 9.90. The molecule has 0 fully saturated rings. The molecule has 3 aromatic carbocycles. The summed E-state index contributed by atoms with van der Waals surface area (Å²) in [4.78, 5) is 39.1. The Morgan fingerprint density at radius 1 is 0.692 bits per heavy atom. The van der Waals surface area contributed by atoms with Crippen LogP contribution >= 0.6 is 11.8 Å². The molecule has 1 aliphatic rings. The molecule has 1 aliphatic carbocycles. The second-order valence-corrected chi connectivity index (χ2v) is 23.6. The highest BCUT2D eigenvalue weighted by Gasteiger charge is 2.46. The Labute approximate surface area is 405 Å². The first-order valence-electron chi connectivity index (χ1n) is 23.0. The van der Waals surface area contributed by atoms with Gasteiger partial charge in [-0.25, -0.2) is 4.39 Å². The van der Waals surface area contributed by atoms with Crippen molar-refractivity contribution in [3.8, 4) is 11.1 Å². The highest BCUT2D eigenvalue weighted by atomic mass is 32.2. The minimum absolute atomic E-state index is 0.134. The van der Waals surface area contributed by atoms with E-state index in [4.69, 9.17) is 4.98 Å². The maximum atomic E-state index is 16.2. The van der Waals surface area contributed by atoms with Crippen molar-refractivity contribution in [2.75, 3.05) is 13.1 Å². The highest BCUT2D eigenvalue weighted by molar-refractivity contribution is 8.02. The van der Waals surface area contributed by atoms with Crippen LogP contribution in [-0.4, -0.2) is 190 Å². The number of aromatic nitrogens is 2. The molecule has 65 heavy (non-hydrogen) atoms. The molecule has 0 unspecified atom stereocenters. The van der Waals surface area contributed by atoms with Crippen LogP contribution in [0.4, 0.5) is 17.6 Å². The van der Waals surface area contributed by atoms with E-state index in [-0.39, 0.29) is 38.9 Å². The molecule has 0 saturated heterocycles. The maximum Gasteiger partial charge on any atom is 0.415 e. The van der Waals surface area contributed by atoms with Gasteiger partial charge in [-0.2, -0.15) is 18.2 Å². The summed E-state index contributed by atoms with van der Waals surface area (Å²) < 4.78 is 58.8. The minimum Gasteiger partial charge on any atom is -0.347 e. The summed E-state index contributed by atoms with van der Waals surface area (Å²) in [6.07, 6.45) is -2.50. The number of halogens is 4. The number of alkyl halides is 3. The lowest BCUT2D eigenvalue weighted by Gasteiger charge is -2.51. The van der Waals surface area contributed by atoms with Crippen molar-refractivity contribution in [3.05, 3.63) is 68.4 Å². The van der Waals surface area contributed by atoms with Crippen molar-refractivity contribution in [2.24, 2.45) is 0 Å². The fraction of sp³-hybridized carbons (Fsp3) is 0.361. The number of hydrogen-bond acceptors (Lipinski definition) is 5. The molecule has 0 saturated carbocycles. The molecule has 0 spiro atoms. The third-order valence-electron chi connectivity index (χ3n) is 14.6. The van der Waals surface area contributed by atoms with Crippen LogP contribution in [0.3, 0.4) is 0 Å². The van der Waals surface area contributed by atoms with Crippen molar-refractivity contribution in [1.29, 1.82) is 0 Å². The summed E-state index contributed by atoms with van der Waals surface area (Å²) >= 11 is 1.40. The zero-order chi connectivity index (χ0) is 49.5. The van der Waals surface area contributed by atoms with Gasteiger partial charge in [-0.1, -0.05) is 87.0 Å². The van der Waals surface area contributed by atoms with Gasteiger partial charge < -0.3 is 14.4 Å². The summed E-state index contributed by atoms with van der Waals surface area (Å²) in [6, 6.07) is 6.36. The number of benzene rings is 3. The summed E-state index contributed by atoms with van der Waals surface area (Å²) in [5.41, 5.74) is 9.77. The Morgan fingerprint density at radius 3 is 1.57 bits per heavy atom. The molecule has 1 heterocycles. The third-order valence-corrected chi connectivity index (χ3v) is 15.8. The Balaban J connectivity index is 1.78. The van der Waals surface area contributed by atoms with Crippen molar-refractivity contribution in [3.63, 3.8) is 0 Å². The molecule has 6 nitrogen and oxygen atoms in total. The molecule has 1 aromatic heterocycles. The van der Waals surface area contributed by atoms with Crippen molar-refractivity contribution in [1.82, 2.24) is 19.4 Å². The normalized spacial score (nSPS) is 13.8. The van der Waals surface area contributed by atoms with Crippen molar-refractivity contribution in [2.45, 2.75) is 70.3 Å². The number of fused-ring (bicyclic) bond motifs is 1. The van der Waals surface area contributed by atoms with Crippen molar-refractivity contribution >= 4 is 203 Å². The molecule has 0 atom stereocenters. The lowest BCUT2D eigenvalue weighted by atomic mass is 9.48. The lowest BCUT2D eigenvalue weighted by molar-refractivity contribution is -0.137. The number of nitrogens with zero attached hydrogens (tertiary/aromatic N) is 4. The van der Waals surface area contributed by atoms with Gasteiger partial charge in [0.05, 0.1) is 5.34 Å². The Morgan fingerprint density at radius 2 is 1.14 bits per heavy atom.